The van der Waals surface area contributed by atoms with Crippen molar-refractivity contribution >= 4 is 22.9 Å². The number of anilines is 1. The molecule has 2 aliphatic heterocycles. The van der Waals surface area contributed by atoms with Gasteiger partial charge in [0.1, 0.15) is 17.9 Å². The first-order chi connectivity index (χ1) is 15.7. The molecule has 7 nitrogen and oxygen atoms in total. The predicted octanol–water partition coefficient (Wildman–Crippen LogP) is 3.46. The summed E-state index contributed by atoms with van der Waals surface area (Å²) >= 11 is 0. The van der Waals surface area contributed by atoms with Crippen LogP contribution in [0.1, 0.15) is 22.3 Å². The van der Waals surface area contributed by atoms with Crippen molar-refractivity contribution in [3.8, 4) is 0 Å². The van der Waals surface area contributed by atoms with Gasteiger partial charge in [0.15, 0.2) is 5.65 Å². The maximum atomic E-state index is 13.3. The Bertz CT molecular complexity index is 1200. The molecule has 0 saturated carbocycles. The number of carbonyl (C=O) groups excluding carboxylic acids is 1. The van der Waals surface area contributed by atoms with Crippen molar-refractivity contribution in [3.63, 3.8) is 0 Å². The Morgan fingerprint density at radius 3 is 2.61 bits per heavy atom. The molecule has 5 rings (SSSR count). The van der Waals surface area contributed by atoms with Crippen LogP contribution in [0.25, 0.3) is 11.2 Å². The van der Waals surface area contributed by atoms with Gasteiger partial charge in [-0.3, -0.25) is 4.79 Å². The number of halogens is 5. The molecule has 4 heterocycles. The van der Waals surface area contributed by atoms with E-state index in [-0.39, 0.29) is 16.6 Å². The van der Waals surface area contributed by atoms with E-state index in [2.05, 4.69) is 15.1 Å². The fourth-order valence-electron chi connectivity index (χ4n) is 4.64. The van der Waals surface area contributed by atoms with Gasteiger partial charge in [-0.15, -0.1) is 0 Å². The third-order valence-electron chi connectivity index (χ3n) is 6.21. The summed E-state index contributed by atoms with van der Waals surface area (Å²) in [6, 6.07) is 4.79. The summed E-state index contributed by atoms with van der Waals surface area (Å²) in [7, 11) is 0. The van der Waals surface area contributed by atoms with Gasteiger partial charge in [-0.2, -0.15) is 18.3 Å². The zero-order valence-electron chi connectivity index (χ0n) is 17.3. The van der Waals surface area contributed by atoms with Crippen LogP contribution in [0.4, 0.5) is 27.8 Å². The Balaban J connectivity index is 1.29. The first-order valence-electron chi connectivity index (χ1n) is 10.3. The average molecular weight is 466 g/mol. The van der Waals surface area contributed by atoms with Crippen LogP contribution in [0.3, 0.4) is 0 Å². The molecule has 1 aromatic carbocycles. The Kier molecular flexibility index (Phi) is 4.98. The fourth-order valence-corrected chi connectivity index (χ4v) is 4.64. The largest absolute Gasteiger partial charge is 0.417 e. The maximum Gasteiger partial charge on any atom is 0.417 e. The van der Waals surface area contributed by atoms with Gasteiger partial charge in [0.25, 0.3) is 12.3 Å². The number of nitrogens with zero attached hydrogens (tertiary/aromatic N) is 6. The molecule has 1 amide bonds. The molecule has 0 unspecified atom stereocenters. The second kappa shape index (κ2) is 7.63. The van der Waals surface area contributed by atoms with Crippen LogP contribution in [0.5, 0.6) is 0 Å². The molecule has 33 heavy (non-hydrogen) atoms. The van der Waals surface area contributed by atoms with Gasteiger partial charge in [-0.1, -0.05) is 12.1 Å². The summed E-state index contributed by atoms with van der Waals surface area (Å²) in [5.41, 5.74) is -0.853. The van der Waals surface area contributed by atoms with Crippen LogP contribution in [0.15, 0.2) is 36.7 Å². The molecule has 2 aliphatic rings. The zero-order valence-corrected chi connectivity index (χ0v) is 17.3. The number of fused-ring (bicyclic) bond motifs is 1. The third kappa shape index (κ3) is 3.87. The lowest BCUT2D eigenvalue weighted by Crippen LogP contribution is -2.59. The summed E-state index contributed by atoms with van der Waals surface area (Å²) in [5.74, 6) is -0.119. The van der Waals surface area contributed by atoms with Gasteiger partial charge in [0.05, 0.1) is 23.5 Å². The molecular weight excluding hydrogens is 447 g/mol. The van der Waals surface area contributed by atoms with Gasteiger partial charge in [-0.25, -0.2) is 23.4 Å². The Morgan fingerprint density at radius 2 is 1.88 bits per heavy atom. The molecular formula is C21H19F5N6O. The fraction of sp³-hybridized carbons (Fsp3) is 0.429. The van der Waals surface area contributed by atoms with E-state index in [1.807, 2.05) is 4.90 Å². The lowest BCUT2D eigenvalue weighted by Gasteiger charge is -2.48. The number of alkyl halides is 5. The van der Waals surface area contributed by atoms with Crippen molar-refractivity contribution in [2.24, 2.45) is 5.41 Å². The van der Waals surface area contributed by atoms with Gasteiger partial charge in [-0.05, 0) is 18.6 Å². The minimum Gasteiger partial charge on any atom is -0.355 e. The summed E-state index contributed by atoms with van der Waals surface area (Å²) in [6.07, 6.45) is -3.51. The van der Waals surface area contributed by atoms with Crippen LogP contribution >= 0.6 is 0 Å². The Labute approximate surface area is 184 Å². The Morgan fingerprint density at radius 1 is 1.12 bits per heavy atom. The van der Waals surface area contributed by atoms with Crippen molar-refractivity contribution in [2.45, 2.75) is 25.6 Å². The van der Waals surface area contributed by atoms with Crippen LogP contribution in [-0.4, -0.2) is 63.2 Å². The van der Waals surface area contributed by atoms with Gasteiger partial charge in [0.2, 0.25) is 0 Å². The SMILES string of the molecule is O=C(c1ccccc1C(F)(F)F)N1CC2(CCN(c3cnc4cnn(CC(F)F)c4n3)C2)C1. The molecule has 2 aromatic heterocycles. The van der Waals surface area contributed by atoms with E-state index < -0.39 is 30.6 Å². The highest BCUT2D eigenvalue weighted by molar-refractivity contribution is 5.96. The van der Waals surface area contributed by atoms with E-state index in [4.69, 9.17) is 0 Å². The van der Waals surface area contributed by atoms with E-state index >= 15 is 0 Å². The molecule has 0 atom stereocenters. The minimum absolute atomic E-state index is 0.247. The minimum atomic E-state index is -4.60. The first-order valence-corrected chi connectivity index (χ1v) is 10.3. The molecule has 0 aliphatic carbocycles. The van der Waals surface area contributed by atoms with Crippen molar-refractivity contribution in [3.05, 3.63) is 47.8 Å². The van der Waals surface area contributed by atoms with Crippen molar-refractivity contribution < 1.29 is 26.7 Å². The van der Waals surface area contributed by atoms with Gasteiger partial charge in [0, 0.05) is 31.6 Å². The second-order valence-corrected chi connectivity index (χ2v) is 8.53. The van der Waals surface area contributed by atoms with Crippen molar-refractivity contribution in [2.75, 3.05) is 31.1 Å². The van der Waals surface area contributed by atoms with Crippen molar-refractivity contribution in [1.82, 2.24) is 24.6 Å². The molecule has 2 saturated heterocycles. The predicted molar refractivity (Wildman–Crippen MR) is 108 cm³/mol. The van der Waals surface area contributed by atoms with Gasteiger partial charge < -0.3 is 9.80 Å². The van der Waals surface area contributed by atoms with E-state index in [1.165, 1.54) is 29.3 Å². The molecule has 2 fully saturated rings. The van der Waals surface area contributed by atoms with Crippen LogP contribution in [-0.2, 0) is 12.7 Å². The van der Waals surface area contributed by atoms with E-state index in [9.17, 15) is 26.7 Å². The molecule has 1 spiro atoms. The monoisotopic (exact) mass is 466 g/mol. The molecule has 0 radical (unpaired) electrons. The number of amides is 1. The molecule has 0 bridgehead atoms. The van der Waals surface area contributed by atoms with E-state index in [0.717, 1.165) is 17.2 Å². The normalized spacial score (nSPS) is 17.9. The van der Waals surface area contributed by atoms with Crippen LogP contribution in [0, 0.1) is 5.41 Å². The quantitative estimate of drug-likeness (QED) is 0.551. The Hall–Kier alpha value is -3.31. The summed E-state index contributed by atoms with van der Waals surface area (Å²) < 4.78 is 66.5. The van der Waals surface area contributed by atoms with Crippen LogP contribution < -0.4 is 4.90 Å². The maximum absolute atomic E-state index is 13.3. The lowest BCUT2D eigenvalue weighted by molar-refractivity contribution is -0.138. The second-order valence-electron chi connectivity index (χ2n) is 8.53. The smallest absolute Gasteiger partial charge is 0.355 e. The standard InChI is InChI=1S/C21H19F5N6O/c22-16(23)9-32-18-15(7-28-32)27-8-17(29-18)30-6-5-20(10-30)11-31(12-20)19(33)13-3-1-2-4-14(13)21(24,25)26/h1-4,7-8,16H,5-6,9-12H2. The number of aromatic nitrogens is 4. The summed E-state index contributed by atoms with van der Waals surface area (Å²) in [4.78, 5) is 24.9. The average Bonchev–Trinajstić information content (AvgIpc) is 3.36. The number of hydrogen-bond donors (Lipinski definition) is 0. The zero-order chi connectivity index (χ0) is 23.4. The van der Waals surface area contributed by atoms with E-state index in [0.29, 0.717) is 37.5 Å². The van der Waals surface area contributed by atoms with Crippen LogP contribution in [0.2, 0.25) is 0 Å². The third-order valence-corrected chi connectivity index (χ3v) is 6.21. The summed E-state index contributed by atoms with van der Waals surface area (Å²) in [6.45, 7) is 1.26. The highest BCUT2D eigenvalue weighted by Gasteiger charge is 2.50. The number of rotatable bonds is 4. The lowest BCUT2D eigenvalue weighted by atomic mass is 9.78. The topological polar surface area (TPSA) is 67.2 Å². The molecule has 12 heteroatoms. The highest BCUT2D eigenvalue weighted by Crippen LogP contribution is 2.42. The number of benzene rings is 1. The highest BCUT2D eigenvalue weighted by atomic mass is 19.4. The number of carbonyl (C=O) groups is 1. The number of hydrogen-bond acceptors (Lipinski definition) is 5. The van der Waals surface area contributed by atoms with E-state index in [1.54, 1.807) is 6.20 Å². The number of likely N-dealkylation sites (tertiary alicyclic amines) is 1. The van der Waals surface area contributed by atoms with Crippen molar-refractivity contribution in [1.29, 1.82) is 0 Å². The molecule has 174 valence electrons. The molecule has 0 N–H and O–H groups in total. The first kappa shape index (κ1) is 21.5. The summed E-state index contributed by atoms with van der Waals surface area (Å²) in [5, 5.41) is 3.91. The van der Waals surface area contributed by atoms with Gasteiger partial charge >= 0.3 is 6.18 Å². The molecule has 3 aromatic rings.